The summed E-state index contributed by atoms with van der Waals surface area (Å²) in [4.78, 5) is 10.1. The van der Waals surface area contributed by atoms with Crippen molar-refractivity contribution in [3.63, 3.8) is 0 Å². The smallest absolute Gasteiger partial charge is 0.330 e. The minimum atomic E-state index is -1.05. The fraction of sp³-hybridized carbons (Fsp3) is 0.150. The number of rotatable bonds is 8. The molecule has 5 aromatic carbocycles. The molecule has 0 spiro atoms. The maximum atomic E-state index is 10.7. The number of aliphatic hydroxyl groups is 1. The van der Waals surface area contributed by atoms with E-state index in [1.807, 2.05) is 92.7 Å². The molecule has 0 fully saturated rings. The summed E-state index contributed by atoms with van der Waals surface area (Å²) in [7, 11) is 1.71. The van der Waals surface area contributed by atoms with E-state index in [0.29, 0.717) is 5.82 Å². The van der Waals surface area contributed by atoms with Crippen molar-refractivity contribution < 1.29 is 14.2 Å². The molecule has 225 valence electrons. The van der Waals surface area contributed by atoms with Crippen LogP contribution in [0.4, 0.5) is 0 Å². The molecule has 1 radical (unpaired) electrons. The molecule has 5 nitrogen and oxygen atoms in total. The average molecular weight is 602 g/mol. The van der Waals surface area contributed by atoms with Gasteiger partial charge in [0, 0.05) is 27.5 Å². The molecule has 46 heavy (non-hydrogen) atoms. The molecule has 0 atom stereocenters. The van der Waals surface area contributed by atoms with Crippen molar-refractivity contribution in [2.75, 3.05) is 0 Å². The molecule has 0 saturated carbocycles. The zero-order valence-electron chi connectivity index (χ0n) is 26.4. The molecule has 6 heteroatoms. The number of para-hydroxylation sites is 1. The molecule has 7 aromatic rings. The Morgan fingerprint density at radius 3 is 1.89 bits per heavy atom. The van der Waals surface area contributed by atoms with Gasteiger partial charge in [-0.05, 0) is 51.0 Å². The standard InChI is InChI=1S/C40H34BN2O3/c1-39(2,44)40(3,4)46-41-30-23-32-31-17-11-12-18-36(31)45-37(32)33(24-30)35-25-34(42-38(43-35)29-15-9-6-10-16-29)28-21-19-27(20-22-28)26-13-7-5-8-14-26/h5-25,44H,1-4H3. The van der Waals surface area contributed by atoms with Crippen LogP contribution in [0.3, 0.4) is 0 Å². The molecule has 0 bridgehead atoms. The van der Waals surface area contributed by atoms with Crippen LogP contribution in [0.5, 0.6) is 0 Å². The van der Waals surface area contributed by atoms with Crippen LogP contribution in [0.2, 0.25) is 0 Å². The molecule has 0 unspecified atom stereocenters. The number of benzene rings is 5. The van der Waals surface area contributed by atoms with Gasteiger partial charge >= 0.3 is 7.48 Å². The Kier molecular flexibility index (Phi) is 7.56. The van der Waals surface area contributed by atoms with Crippen LogP contribution in [0.1, 0.15) is 27.7 Å². The fourth-order valence-electron chi connectivity index (χ4n) is 5.38. The Morgan fingerprint density at radius 2 is 1.20 bits per heavy atom. The van der Waals surface area contributed by atoms with E-state index in [9.17, 15) is 5.11 Å². The fourth-order valence-corrected chi connectivity index (χ4v) is 5.38. The highest BCUT2D eigenvalue weighted by Gasteiger charge is 2.36. The van der Waals surface area contributed by atoms with Crippen molar-refractivity contribution in [2.45, 2.75) is 38.9 Å². The highest BCUT2D eigenvalue weighted by molar-refractivity contribution is 6.48. The van der Waals surface area contributed by atoms with Gasteiger partial charge in [-0.25, -0.2) is 9.97 Å². The van der Waals surface area contributed by atoms with Crippen LogP contribution in [0.15, 0.2) is 132 Å². The van der Waals surface area contributed by atoms with Crippen molar-refractivity contribution in [3.8, 4) is 45.0 Å². The van der Waals surface area contributed by atoms with Crippen molar-refractivity contribution in [3.05, 3.63) is 127 Å². The van der Waals surface area contributed by atoms with E-state index in [-0.39, 0.29) is 0 Å². The first-order valence-corrected chi connectivity index (χ1v) is 15.5. The largest absolute Gasteiger partial charge is 0.455 e. The molecule has 1 N–H and O–H groups in total. The first kappa shape index (κ1) is 29.7. The van der Waals surface area contributed by atoms with Gasteiger partial charge in [0.15, 0.2) is 5.82 Å². The van der Waals surface area contributed by atoms with E-state index in [4.69, 9.17) is 19.0 Å². The molecule has 2 heterocycles. The minimum absolute atomic E-state index is 0.623. The minimum Gasteiger partial charge on any atom is -0.455 e. The maximum absolute atomic E-state index is 10.7. The van der Waals surface area contributed by atoms with E-state index in [2.05, 4.69) is 48.5 Å². The van der Waals surface area contributed by atoms with Gasteiger partial charge in [0.25, 0.3) is 0 Å². The van der Waals surface area contributed by atoms with E-state index in [0.717, 1.165) is 66.6 Å². The Bertz CT molecular complexity index is 2150. The second-order valence-corrected chi connectivity index (χ2v) is 12.6. The first-order chi connectivity index (χ1) is 22.2. The normalized spacial score (nSPS) is 12.1. The lowest BCUT2D eigenvalue weighted by Gasteiger charge is -2.37. The quantitative estimate of drug-likeness (QED) is 0.176. The highest BCUT2D eigenvalue weighted by atomic mass is 16.5. The predicted octanol–water partition coefficient (Wildman–Crippen LogP) is 8.85. The Hall–Kier alpha value is -5.04. The summed E-state index contributed by atoms with van der Waals surface area (Å²) in [5.74, 6) is 0.623. The second-order valence-electron chi connectivity index (χ2n) is 12.6. The zero-order chi connectivity index (χ0) is 31.9. The molecule has 0 aliphatic carbocycles. The van der Waals surface area contributed by atoms with E-state index in [1.54, 1.807) is 21.3 Å². The maximum Gasteiger partial charge on any atom is 0.330 e. The molecule has 0 amide bonds. The summed E-state index contributed by atoms with van der Waals surface area (Å²) in [5, 5.41) is 12.7. The van der Waals surface area contributed by atoms with Crippen LogP contribution in [-0.2, 0) is 4.65 Å². The zero-order valence-corrected chi connectivity index (χ0v) is 26.4. The van der Waals surface area contributed by atoms with Gasteiger partial charge in [-0.2, -0.15) is 0 Å². The molecule has 0 saturated heterocycles. The van der Waals surface area contributed by atoms with Gasteiger partial charge in [-0.1, -0.05) is 121 Å². The number of nitrogens with zero attached hydrogens (tertiary/aromatic N) is 2. The highest BCUT2D eigenvalue weighted by Crippen LogP contribution is 2.37. The number of aromatic nitrogens is 2. The van der Waals surface area contributed by atoms with Crippen LogP contribution in [-0.4, -0.2) is 33.8 Å². The second kappa shape index (κ2) is 11.7. The molecule has 0 aliphatic rings. The van der Waals surface area contributed by atoms with Crippen LogP contribution >= 0.6 is 0 Å². The summed E-state index contributed by atoms with van der Waals surface area (Å²) >= 11 is 0. The summed E-state index contributed by atoms with van der Waals surface area (Å²) in [6.45, 7) is 7.25. The van der Waals surface area contributed by atoms with E-state index < -0.39 is 11.2 Å². The van der Waals surface area contributed by atoms with Gasteiger partial charge in [0.05, 0.1) is 22.6 Å². The van der Waals surface area contributed by atoms with Gasteiger partial charge < -0.3 is 14.2 Å². The summed E-state index contributed by atoms with van der Waals surface area (Å²) in [6.07, 6.45) is 0. The van der Waals surface area contributed by atoms with Crippen molar-refractivity contribution in [1.29, 1.82) is 0 Å². The van der Waals surface area contributed by atoms with E-state index >= 15 is 0 Å². The lowest BCUT2D eigenvalue weighted by atomic mass is 9.81. The topological polar surface area (TPSA) is 68.4 Å². The van der Waals surface area contributed by atoms with Crippen LogP contribution in [0, 0.1) is 0 Å². The van der Waals surface area contributed by atoms with Crippen LogP contribution < -0.4 is 5.46 Å². The SMILES string of the molecule is CC(C)(O)C(C)(C)O[B]c1cc(-c2cc(-c3ccc(-c4ccccc4)cc3)nc(-c3ccccc3)n2)c2oc3ccccc3c2c1. The lowest BCUT2D eigenvalue weighted by molar-refractivity contribution is -0.0893. The number of furan rings is 1. The Balaban J connectivity index is 1.40. The number of hydrogen-bond acceptors (Lipinski definition) is 5. The van der Waals surface area contributed by atoms with Gasteiger partial charge in [0.2, 0.25) is 0 Å². The number of hydrogen-bond donors (Lipinski definition) is 1. The van der Waals surface area contributed by atoms with Crippen molar-refractivity contribution >= 4 is 34.9 Å². The molecule has 7 rings (SSSR count). The third kappa shape index (κ3) is 5.73. The third-order valence-corrected chi connectivity index (χ3v) is 8.79. The average Bonchev–Trinajstić information content (AvgIpc) is 3.46. The third-order valence-electron chi connectivity index (χ3n) is 8.79. The molecular weight excluding hydrogens is 567 g/mol. The van der Waals surface area contributed by atoms with Gasteiger partial charge in [0.1, 0.15) is 11.2 Å². The summed E-state index contributed by atoms with van der Waals surface area (Å²) in [6, 6.07) is 43.0. The molecule has 2 aromatic heterocycles. The van der Waals surface area contributed by atoms with Crippen LogP contribution in [0.25, 0.3) is 67.0 Å². The Labute approximate surface area is 269 Å². The Morgan fingerprint density at radius 1 is 0.609 bits per heavy atom. The lowest BCUT2D eigenvalue weighted by Crippen LogP contribution is -2.49. The van der Waals surface area contributed by atoms with E-state index in [1.165, 1.54) is 0 Å². The first-order valence-electron chi connectivity index (χ1n) is 15.5. The number of fused-ring (bicyclic) bond motifs is 3. The van der Waals surface area contributed by atoms with Crippen molar-refractivity contribution in [1.82, 2.24) is 9.97 Å². The summed E-state index contributed by atoms with van der Waals surface area (Å²) < 4.78 is 12.7. The van der Waals surface area contributed by atoms with Gasteiger partial charge in [-0.3, -0.25) is 0 Å². The molecular formula is C40H34BN2O3. The van der Waals surface area contributed by atoms with Crippen molar-refractivity contribution in [2.24, 2.45) is 0 Å². The predicted molar refractivity (Wildman–Crippen MR) is 188 cm³/mol. The van der Waals surface area contributed by atoms with Gasteiger partial charge in [-0.15, -0.1) is 0 Å². The monoisotopic (exact) mass is 601 g/mol. The summed E-state index contributed by atoms with van der Waals surface area (Å²) in [5.41, 5.74) is 7.07. The molecule has 0 aliphatic heterocycles.